The van der Waals surface area contributed by atoms with E-state index < -0.39 is 103 Å². The average Bonchev–Trinajstić information content (AvgIpc) is 3.67. The SMILES string of the molecule is CCC[C@H](NC(=O)[C@@H]1CN(C(=O)CNC(=O)OCc2ccccc2)C[C@@H]1NC(=O)C(NC(=O)CNC(=O)c1cnccn1)C(C)C)C(O)C(=O)NCC(=O)NCC(=O)N(C)C. The highest BCUT2D eigenvalue weighted by Gasteiger charge is 2.43. The van der Waals surface area contributed by atoms with Gasteiger partial charge in [0, 0.05) is 39.6 Å². The van der Waals surface area contributed by atoms with Crippen LogP contribution < -0.4 is 37.2 Å². The van der Waals surface area contributed by atoms with Crippen LogP contribution in [0.4, 0.5) is 4.79 Å². The summed E-state index contributed by atoms with van der Waals surface area (Å²) < 4.78 is 5.18. The lowest BCUT2D eigenvalue weighted by atomic mass is 9.98. The molecule has 2 aromatic rings. The van der Waals surface area contributed by atoms with Gasteiger partial charge in [-0.2, -0.15) is 0 Å². The van der Waals surface area contributed by atoms with E-state index in [0.717, 1.165) is 5.56 Å². The molecule has 2 heterocycles. The van der Waals surface area contributed by atoms with E-state index in [4.69, 9.17) is 4.74 Å². The second-order valence-electron chi connectivity index (χ2n) is 14.6. The molecular formula is C39H55N11O11. The maximum Gasteiger partial charge on any atom is 0.407 e. The normalized spacial score (nSPS) is 15.9. The molecule has 1 aliphatic rings. The molecule has 0 radical (unpaired) electrons. The van der Waals surface area contributed by atoms with E-state index in [2.05, 4.69) is 47.2 Å². The van der Waals surface area contributed by atoms with E-state index in [-0.39, 0.29) is 44.3 Å². The quantitative estimate of drug-likeness (QED) is 0.0630. The Labute approximate surface area is 352 Å². The van der Waals surface area contributed by atoms with Crippen LogP contribution in [0.5, 0.6) is 0 Å². The first kappa shape index (κ1) is 48.7. The van der Waals surface area contributed by atoms with E-state index in [1.165, 1.54) is 42.5 Å². The van der Waals surface area contributed by atoms with Crippen LogP contribution in [0.25, 0.3) is 0 Å². The Morgan fingerprint density at radius 2 is 1.56 bits per heavy atom. The molecule has 1 aliphatic heterocycles. The van der Waals surface area contributed by atoms with Crippen molar-refractivity contribution in [2.24, 2.45) is 11.8 Å². The summed E-state index contributed by atoms with van der Waals surface area (Å²) in [5.74, 6) is -7.13. The molecule has 1 saturated heterocycles. The Morgan fingerprint density at radius 3 is 2.20 bits per heavy atom. The zero-order chi connectivity index (χ0) is 45.1. The Morgan fingerprint density at radius 1 is 0.852 bits per heavy atom. The smallest absolute Gasteiger partial charge is 0.407 e. The van der Waals surface area contributed by atoms with Crippen LogP contribution in [-0.4, -0.2) is 156 Å². The number of aromatic nitrogens is 2. The van der Waals surface area contributed by atoms with Gasteiger partial charge in [-0.05, 0) is 17.9 Å². The second-order valence-corrected chi connectivity index (χ2v) is 14.6. The third-order valence-electron chi connectivity index (χ3n) is 9.34. The van der Waals surface area contributed by atoms with Gasteiger partial charge in [-0.25, -0.2) is 9.78 Å². The standard InChI is InChI=1S/C39H55N11O11/c1-6-10-26(34(55)38(59)44-16-29(51)42-18-31(53)49(4)5)46-35(56)25-20-50(32(54)19-45-39(60)61-22-24-11-8-7-9-12-24)21-28(25)47-37(58)33(23(2)3)48-30(52)17-43-36(57)27-15-40-13-14-41-27/h7-9,11-15,23,25-26,28,33-34,55H,6,10,16-22H2,1-5H3,(H,42,51)(H,43,57)(H,44,59)(H,45,60)(H,46,56)(H,47,58)(H,48,52)/t25-,26+,28+,33?,34?/m1/s1. The number of amides is 9. The first-order valence-electron chi connectivity index (χ1n) is 19.6. The molecule has 22 heteroatoms. The highest BCUT2D eigenvalue weighted by molar-refractivity contribution is 5.96. The number of carbonyl (C=O) groups excluding carboxylic acids is 9. The second kappa shape index (κ2) is 24.4. The molecular weight excluding hydrogens is 798 g/mol. The summed E-state index contributed by atoms with van der Waals surface area (Å²) in [5.41, 5.74) is 0.699. The molecule has 1 aromatic carbocycles. The molecule has 61 heavy (non-hydrogen) atoms. The summed E-state index contributed by atoms with van der Waals surface area (Å²) in [5, 5.41) is 28.4. The van der Waals surface area contributed by atoms with Gasteiger partial charge in [0.05, 0.1) is 43.8 Å². The molecule has 1 aromatic heterocycles. The Hall–Kier alpha value is -6.71. The highest BCUT2D eigenvalue weighted by atomic mass is 16.5. The van der Waals surface area contributed by atoms with Crippen molar-refractivity contribution < 1.29 is 53.0 Å². The number of likely N-dealkylation sites (N-methyl/N-ethyl adjacent to an activating group) is 1. The zero-order valence-corrected chi connectivity index (χ0v) is 34.8. The lowest BCUT2D eigenvalue weighted by Crippen LogP contribution is -2.57. The van der Waals surface area contributed by atoms with Crippen molar-refractivity contribution in [3.8, 4) is 0 Å². The minimum Gasteiger partial charge on any atom is -0.445 e. The van der Waals surface area contributed by atoms with E-state index in [0.29, 0.717) is 6.42 Å². The summed E-state index contributed by atoms with van der Waals surface area (Å²) >= 11 is 0. The molecule has 0 bridgehead atoms. The van der Waals surface area contributed by atoms with Gasteiger partial charge in [0.15, 0.2) is 6.10 Å². The van der Waals surface area contributed by atoms with Crippen molar-refractivity contribution in [3.05, 3.63) is 60.2 Å². The van der Waals surface area contributed by atoms with Crippen LogP contribution in [0, 0.1) is 11.8 Å². The molecule has 5 atom stereocenters. The number of hydrogen-bond acceptors (Lipinski definition) is 13. The molecule has 8 N–H and O–H groups in total. The molecule has 0 saturated carbocycles. The average molecular weight is 854 g/mol. The van der Waals surface area contributed by atoms with Crippen molar-refractivity contribution in [2.45, 2.75) is 64.4 Å². The minimum absolute atomic E-state index is 0.0241. The first-order chi connectivity index (χ1) is 29.0. The van der Waals surface area contributed by atoms with Crippen molar-refractivity contribution in [3.63, 3.8) is 0 Å². The Kier molecular flexibility index (Phi) is 19.5. The molecule has 0 spiro atoms. The minimum atomic E-state index is -1.83. The van der Waals surface area contributed by atoms with Crippen molar-refractivity contribution in [2.75, 3.05) is 53.4 Å². The van der Waals surface area contributed by atoms with Gasteiger partial charge in [0.2, 0.25) is 35.4 Å². The van der Waals surface area contributed by atoms with Crippen LogP contribution in [0.1, 0.15) is 49.7 Å². The fraction of sp³-hybridized carbons (Fsp3) is 0.513. The number of carbonyl (C=O) groups is 9. The summed E-state index contributed by atoms with van der Waals surface area (Å²) in [6, 6.07) is 5.47. The molecule has 332 valence electrons. The number of aliphatic hydroxyl groups excluding tert-OH is 1. The van der Waals surface area contributed by atoms with Gasteiger partial charge in [-0.1, -0.05) is 57.5 Å². The number of hydrogen-bond donors (Lipinski definition) is 8. The third-order valence-corrected chi connectivity index (χ3v) is 9.34. The van der Waals surface area contributed by atoms with E-state index >= 15 is 0 Å². The summed E-state index contributed by atoms with van der Waals surface area (Å²) in [6.45, 7) is 2.68. The highest BCUT2D eigenvalue weighted by Crippen LogP contribution is 2.20. The number of aliphatic hydroxyl groups is 1. The van der Waals surface area contributed by atoms with Crippen LogP contribution in [0.2, 0.25) is 0 Å². The van der Waals surface area contributed by atoms with E-state index in [1.54, 1.807) is 51.1 Å². The Balaban J connectivity index is 1.71. The molecule has 9 amide bonds. The van der Waals surface area contributed by atoms with Crippen molar-refractivity contribution >= 4 is 53.4 Å². The van der Waals surface area contributed by atoms with Gasteiger partial charge in [0.25, 0.3) is 11.8 Å². The number of alkyl carbamates (subject to hydrolysis) is 1. The predicted molar refractivity (Wildman–Crippen MR) is 215 cm³/mol. The number of benzene rings is 1. The molecule has 0 aliphatic carbocycles. The number of nitrogens with zero attached hydrogens (tertiary/aromatic N) is 4. The van der Waals surface area contributed by atoms with Crippen LogP contribution in [0.3, 0.4) is 0 Å². The fourth-order valence-corrected chi connectivity index (χ4v) is 5.91. The molecule has 1 fully saturated rings. The zero-order valence-electron chi connectivity index (χ0n) is 34.8. The predicted octanol–water partition coefficient (Wildman–Crippen LogP) is -2.82. The maximum absolute atomic E-state index is 14.0. The summed E-state index contributed by atoms with van der Waals surface area (Å²) in [7, 11) is 3.02. The fourth-order valence-electron chi connectivity index (χ4n) is 5.91. The lowest BCUT2D eigenvalue weighted by Gasteiger charge is -2.28. The molecule has 22 nitrogen and oxygen atoms in total. The Bertz CT molecular complexity index is 1850. The van der Waals surface area contributed by atoms with Crippen LogP contribution >= 0.6 is 0 Å². The number of rotatable bonds is 21. The van der Waals surface area contributed by atoms with Crippen LogP contribution in [0.15, 0.2) is 48.9 Å². The maximum atomic E-state index is 14.0. The monoisotopic (exact) mass is 853 g/mol. The summed E-state index contributed by atoms with van der Waals surface area (Å²) in [4.78, 5) is 126. The van der Waals surface area contributed by atoms with Crippen LogP contribution in [-0.2, 0) is 44.9 Å². The van der Waals surface area contributed by atoms with Gasteiger partial charge >= 0.3 is 6.09 Å². The lowest BCUT2D eigenvalue weighted by molar-refractivity contribution is -0.135. The largest absolute Gasteiger partial charge is 0.445 e. The molecule has 2 unspecified atom stereocenters. The summed E-state index contributed by atoms with van der Waals surface area (Å²) in [6.07, 6.45) is 1.72. The number of ether oxygens (including phenoxy) is 1. The third kappa shape index (κ3) is 16.1. The number of nitrogens with one attached hydrogen (secondary N) is 7. The first-order valence-corrected chi connectivity index (χ1v) is 19.6. The van der Waals surface area contributed by atoms with E-state index in [9.17, 15) is 48.3 Å². The number of likely N-dealkylation sites (tertiary alicyclic amines) is 1. The van der Waals surface area contributed by atoms with Crippen molar-refractivity contribution in [1.82, 2.24) is 57.0 Å². The van der Waals surface area contributed by atoms with E-state index in [1.807, 2.05) is 0 Å². The van der Waals surface area contributed by atoms with Gasteiger partial charge in [0.1, 0.15) is 24.9 Å². The van der Waals surface area contributed by atoms with Gasteiger partial charge in [-0.3, -0.25) is 43.3 Å². The van der Waals surface area contributed by atoms with Gasteiger partial charge < -0.3 is 56.9 Å². The van der Waals surface area contributed by atoms with Gasteiger partial charge in [-0.15, -0.1) is 0 Å². The van der Waals surface area contributed by atoms with Crippen molar-refractivity contribution in [1.29, 1.82) is 0 Å². The molecule has 3 rings (SSSR count). The topological polar surface area (TPSA) is 300 Å².